The van der Waals surface area contributed by atoms with E-state index in [1.165, 1.54) is 5.56 Å². The van der Waals surface area contributed by atoms with Gasteiger partial charge in [0.1, 0.15) is 12.1 Å². The third-order valence-corrected chi connectivity index (χ3v) is 6.46. The van der Waals surface area contributed by atoms with Gasteiger partial charge in [-0.1, -0.05) is 37.6 Å². The Bertz CT molecular complexity index is 836. The number of nitrogens with zero attached hydrogens (tertiary/aromatic N) is 4. The highest BCUT2D eigenvalue weighted by atomic mass is 35.5. The highest BCUT2D eigenvalue weighted by Gasteiger charge is 2.29. The molecule has 1 aromatic carbocycles. The van der Waals surface area contributed by atoms with E-state index in [-0.39, 0.29) is 0 Å². The summed E-state index contributed by atoms with van der Waals surface area (Å²) in [5.41, 5.74) is 3.29. The average molecular weight is 430 g/mol. The summed E-state index contributed by atoms with van der Waals surface area (Å²) in [5.74, 6) is 1.45. The Labute approximate surface area is 184 Å². The minimum absolute atomic E-state index is 0.426. The zero-order chi connectivity index (χ0) is 21.1. The quantitative estimate of drug-likeness (QED) is 0.705. The number of anilines is 1. The Morgan fingerprint density at radius 3 is 2.57 bits per heavy atom. The standard InChI is InChI=1S/C23H32ClN5O/c1-16(2)25-13-18(17-3-5-19(24)6-4-17)14-28-9-11-29(12-10-28)23-20-7-8-21(30)22(20)26-15-27-23/h3-6,15-16,18,21,25,30H,7-14H2,1-2H3. The summed E-state index contributed by atoms with van der Waals surface area (Å²) < 4.78 is 0. The van der Waals surface area contributed by atoms with Crippen LogP contribution in [0.15, 0.2) is 30.6 Å². The first-order chi connectivity index (χ1) is 14.5. The first-order valence-electron chi connectivity index (χ1n) is 11.0. The van der Waals surface area contributed by atoms with Gasteiger partial charge >= 0.3 is 0 Å². The molecule has 162 valence electrons. The molecule has 2 unspecified atom stereocenters. The molecule has 2 N–H and O–H groups in total. The van der Waals surface area contributed by atoms with E-state index in [4.69, 9.17) is 11.6 Å². The van der Waals surface area contributed by atoms with Crippen molar-refractivity contribution in [3.63, 3.8) is 0 Å². The zero-order valence-electron chi connectivity index (χ0n) is 17.9. The van der Waals surface area contributed by atoms with Gasteiger partial charge in [0.05, 0.1) is 11.8 Å². The summed E-state index contributed by atoms with van der Waals surface area (Å²) in [5, 5.41) is 14.5. The van der Waals surface area contributed by atoms with Gasteiger partial charge in [-0.05, 0) is 30.5 Å². The van der Waals surface area contributed by atoms with Gasteiger partial charge < -0.3 is 15.3 Å². The number of aliphatic hydroxyl groups excluding tert-OH is 1. The van der Waals surface area contributed by atoms with Crippen molar-refractivity contribution >= 4 is 17.4 Å². The van der Waals surface area contributed by atoms with E-state index in [0.717, 1.165) is 74.2 Å². The number of aromatic nitrogens is 2. The van der Waals surface area contributed by atoms with Gasteiger partial charge in [0.15, 0.2) is 0 Å². The van der Waals surface area contributed by atoms with Crippen LogP contribution in [0, 0.1) is 0 Å². The number of piperazine rings is 1. The average Bonchev–Trinajstić information content (AvgIpc) is 3.13. The molecule has 6 nitrogen and oxygen atoms in total. The molecule has 1 aliphatic heterocycles. The van der Waals surface area contributed by atoms with Crippen molar-refractivity contribution in [2.75, 3.05) is 44.2 Å². The predicted octanol–water partition coefficient (Wildman–Crippen LogP) is 3.01. The van der Waals surface area contributed by atoms with Crippen molar-refractivity contribution in [2.24, 2.45) is 0 Å². The smallest absolute Gasteiger partial charge is 0.135 e. The van der Waals surface area contributed by atoms with Gasteiger partial charge in [0, 0.05) is 61.8 Å². The zero-order valence-corrected chi connectivity index (χ0v) is 18.6. The van der Waals surface area contributed by atoms with Crippen LogP contribution in [0.3, 0.4) is 0 Å². The fourth-order valence-electron chi connectivity index (χ4n) is 4.49. The second-order valence-electron chi connectivity index (χ2n) is 8.71. The SMILES string of the molecule is CC(C)NCC(CN1CCN(c2ncnc3c2CCC3O)CC1)c1ccc(Cl)cc1. The van der Waals surface area contributed by atoms with Gasteiger partial charge in [0.25, 0.3) is 0 Å². The first kappa shape index (κ1) is 21.5. The van der Waals surface area contributed by atoms with Crippen molar-refractivity contribution < 1.29 is 5.11 Å². The van der Waals surface area contributed by atoms with Gasteiger partial charge in [-0.3, -0.25) is 4.90 Å². The number of nitrogens with one attached hydrogen (secondary N) is 1. The van der Waals surface area contributed by atoms with Crippen LogP contribution in [0.2, 0.25) is 5.02 Å². The molecule has 7 heteroatoms. The largest absolute Gasteiger partial charge is 0.387 e. The molecule has 1 fully saturated rings. The number of hydrogen-bond acceptors (Lipinski definition) is 6. The monoisotopic (exact) mass is 429 g/mol. The number of benzene rings is 1. The van der Waals surface area contributed by atoms with E-state index >= 15 is 0 Å². The lowest BCUT2D eigenvalue weighted by atomic mass is 9.97. The topological polar surface area (TPSA) is 64.5 Å². The molecule has 0 spiro atoms. The highest BCUT2D eigenvalue weighted by molar-refractivity contribution is 6.30. The number of hydrogen-bond donors (Lipinski definition) is 2. The lowest BCUT2D eigenvalue weighted by molar-refractivity contribution is 0.175. The minimum atomic E-state index is -0.434. The Hall–Kier alpha value is -1.73. The van der Waals surface area contributed by atoms with Crippen LogP contribution in [0.5, 0.6) is 0 Å². The summed E-state index contributed by atoms with van der Waals surface area (Å²) in [4.78, 5) is 13.8. The molecule has 4 rings (SSSR count). The molecular formula is C23H32ClN5O. The number of halogens is 1. The fraction of sp³-hybridized carbons (Fsp3) is 0.565. The molecule has 1 aromatic heterocycles. The molecule has 1 aliphatic carbocycles. The van der Waals surface area contributed by atoms with Crippen LogP contribution in [-0.2, 0) is 6.42 Å². The summed E-state index contributed by atoms with van der Waals surface area (Å²) in [7, 11) is 0. The van der Waals surface area contributed by atoms with Gasteiger partial charge in [-0.25, -0.2) is 9.97 Å². The van der Waals surface area contributed by atoms with Crippen LogP contribution in [-0.4, -0.2) is 65.3 Å². The molecule has 2 atom stereocenters. The number of aliphatic hydroxyl groups is 1. The minimum Gasteiger partial charge on any atom is -0.387 e. The van der Waals surface area contributed by atoms with Gasteiger partial charge in [0.2, 0.25) is 0 Å². The van der Waals surface area contributed by atoms with Crippen LogP contribution in [0.25, 0.3) is 0 Å². The van der Waals surface area contributed by atoms with Crippen LogP contribution >= 0.6 is 11.6 Å². The van der Waals surface area contributed by atoms with Gasteiger partial charge in [-0.2, -0.15) is 0 Å². The fourth-order valence-corrected chi connectivity index (χ4v) is 4.61. The molecule has 0 bridgehead atoms. The van der Waals surface area contributed by atoms with Crippen molar-refractivity contribution in [1.82, 2.24) is 20.2 Å². The maximum atomic E-state index is 10.1. The normalized spacial score (nSPS) is 20.6. The molecular weight excluding hydrogens is 398 g/mol. The lowest BCUT2D eigenvalue weighted by Gasteiger charge is -2.38. The maximum Gasteiger partial charge on any atom is 0.135 e. The highest BCUT2D eigenvalue weighted by Crippen LogP contribution is 2.34. The van der Waals surface area contributed by atoms with E-state index in [9.17, 15) is 5.11 Å². The summed E-state index contributed by atoms with van der Waals surface area (Å²) >= 11 is 6.10. The summed E-state index contributed by atoms with van der Waals surface area (Å²) in [6.45, 7) is 10.3. The summed E-state index contributed by atoms with van der Waals surface area (Å²) in [6.07, 6.45) is 2.79. The molecule has 0 saturated carbocycles. The maximum absolute atomic E-state index is 10.1. The van der Waals surface area contributed by atoms with Crippen molar-refractivity contribution in [2.45, 2.75) is 44.8 Å². The van der Waals surface area contributed by atoms with Crippen molar-refractivity contribution in [3.8, 4) is 0 Å². The van der Waals surface area contributed by atoms with E-state index in [2.05, 4.69) is 51.1 Å². The lowest BCUT2D eigenvalue weighted by Crippen LogP contribution is -2.49. The van der Waals surface area contributed by atoms with Gasteiger partial charge in [-0.15, -0.1) is 0 Å². The summed E-state index contributed by atoms with van der Waals surface area (Å²) in [6, 6.07) is 8.75. The number of fused-ring (bicyclic) bond motifs is 1. The van der Waals surface area contributed by atoms with Crippen LogP contribution in [0.1, 0.15) is 49.1 Å². The molecule has 0 amide bonds. The Morgan fingerprint density at radius 2 is 1.87 bits per heavy atom. The molecule has 1 saturated heterocycles. The molecule has 2 heterocycles. The van der Waals surface area contributed by atoms with Crippen molar-refractivity contribution in [1.29, 1.82) is 0 Å². The second-order valence-corrected chi connectivity index (χ2v) is 9.15. The van der Waals surface area contributed by atoms with Crippen molar-refractivity contribution in [3.05, 3.63) is 52.4 Å². The Morgan fingerprint density at radius 1 is 1.13 bits per heavy atom. The Balaban J connectivity index is 1.39. The van der Waals surface area contributed by atoms with Crippen LogP contribution in [0.4, 0.5) is 5.82 Å². The molecule has 2 aliphatic rings. The molecule has 0 radical (unpaired) electrons. The second kappa shape index (κ2) is 9.60. The molecule has 2 aromatic rings. The third-order valence-electron chi connectivity index (χ3n) is 6.20. The van der Waals surface area contributed by atoms with E-state index < -0.39 is 6.10 Å². The van der Waals surface area contributed by atoms with E-state index in [0.29, 0.717) is 12.0 Å². The predicted molar refractivity (Wildman–Crippen MR) is 121 cm³/mol. The number of rotatable bonds is 7. The first-order valence-corrected chi connectivity index (χ1v) is 11.4. The van der Waals surface area contributed by atoms with E-state index in [1.807, 2.05) is 12.1 Å². The van der Waals surface area contributed by atoms with Crippen LogP contribution < -0.4 is 10.2 Å². The van der Waals surface area contributed by atoms with E-state index in [1.54, 1.807) is 6.33 Å². The Kier molecular flexibility index (Phi) is 6.88. The molecule has 30 heavy (non-hydrogen) atoms. The third kappa shape index (κ3) is 4.94.